The highest BCUT2D eigenvalue weighted by Gasteiger charge is 2.22. The van der Waals surface area contributed by atoms with Crippen molar-refractivity contribution < 1.29 is 19.4 Å². The molecule has 0 heterocycles. The van der Waals surface area contributed by atoms with Crippen LogP contribution < -0.4 is 0 Å². The van der Waals surface area contributed by atoms with Gasteiger partial charge in [-0.05, 0) is 39.1 Å². The lowest BCUT2D eigenvalue weighted by molar-refractivity contribution is -0.137. The molecule has 0 aromatic carbocycles. The number of aliphatic carboxylic acids is 1. The molecule has 8 nitrogen and oxygen atoms in total. The first-order chi connectivity index (χ1) is 9.26. The van der Waals surface area contributed by atoms with Crippen molar-refractivity contribution in [2.75, 3.05) is 19.6 Å². The summed E-state index contributed by atoms with van der Waals surface area (Å²) in [5.41, 5.74) is 7.52. The Morgan fingerprint density at radius 2 is 1.95 bits per heavy atom. The van der Waals surface area contributed by atoms with Crippen molar-refractivity contribution in [2.24, 2.45) is 5.11 Å². The van der Waals surface area contributed by atoms with Crippen molar-refractivity contribution in [3.8, 4) is 0 Å². The van der Waals surface area contributed by atoms with Gasteiger partial charge < -0.3 is 14.7 Å². The molecule has 1 amide bonds. The van der Waals surface area contributed by atoms with Crippen molar-refractivity contribution in [3.63, 3.8) is 0 Å². The van der Waals surface area contributed by atoms with Crippen molar-refractivity contribution in [1.82, 2.24) is 4.90 Å². The third-order valence-electron chi connectivity index (χ3n) is 2.25. The van der Waals surface area contributed by atoms with Gasteiger partial charge in [-0.15, -0.1) is 0 Å². The van der Waals surface area contributed by atoms with Gasteiger partial charge in [0.2, 0.25) is 0 Å². The number of unbranched alkanes of at least 4 members (excludes halogenated alkanes) is 1. The Balaban J connectivity index is 4.35. The van der Waals surface area contributed by atoms with Gasteiger partial charge in [-0.2, -0.15) is 0 Å². The third kappa shape index (κ3) is 10.0. The minimum absolute atomic E-state index is 0.103. The second-order valence-electron chi connectivity index (χ2n) is 5.27. The first-order valence-electron chi connectivity index (χ1n) is 6.47. The van der Waals surface area contributed by atoms with Gasteiger partial charge in [0.25, 0.3) is 0 Å². The maximum absolute atomic E-state index is 11.9. The molecular weight excluding hydrogens is 264 g/mol. The Morgan fingerprint density at radius 3 is 2.45 bits per heavy atom. The van der Waals surface area contributed by atoms with Gasteiger partial charge in [-0.25, -0.2) is 4.79 Å². The average molecular weight is 286 g/mol. The van der Waals surface area contributed by atoms with E-state index in [1.54, 1.807) is 20.8 Å². The van der Waals surface area contributed by atoms with E-state index in [4.69, 9.17) is 15.4 Å². The number of ether oxygens (including phenoxy) is 1. The Morgan fingerprint density at radius 1 is 1.30 bits per heavy atom. The molecule has 114 valence electrons. The molecular formula is C12H22N4O4. The predicted octanol–water partition coefficient (Wildman–Crippen LogP) is 2.79. The summed E-state index contributed by atoms with van der Waals surface area (Å²) in [5.74, 6) is -0.965. The van der Waals surface area contributed by atoms with Crippen LogP contribution in [0.2, 0.25) is 0 Å². The lowest BCUT2D eigenvalue weighted by Crippen LogP contribution is -2.38. The van der Waals surface area contributed by atoms with Gasteiger partial charge >= 0.3 is 12.1 Å². The van der Waals surface area contributed by atoms with Crippen molar-refractivity contribution in [1.29, 1.82) is 0 Å². The lowest BCUT2D eigenvalue weighted by atomic mass is 10.2. The maximum Gasteiger partial charge on any atom is 0.410 e. The molecule has 0 spiro atoms. The first-order valence-corrected chi connectivity index (χ1v) is 6.47. The van der Waals surface area contributed by atoms with Gasteiger partial charge in [0.1, 0.15) is 5.60 Å². The summed E-state index contributed by atoms with van der Waals surface area (Å²) in [7, 11) is 0. The fourth-order valence-corrected chi connectivity index (χ4v) is 1.38. The number of carboxylic acid groups (broad SMARTS) is 1. The Kier molecular flexibility index (Phi) is 8.15. The van der Waals surface area contributed by atoms with E-state index >= 15 is 0 Å². The van der Waals surface area contributed by atoms with Gasteiger partial charge in [0.05, 0.1) is 6.42 Å². The molecule has 0 aromatic rings. The van der Waals surface area contributed by atoms with Gasteiger partial charge in [0.15, 0.2) is 0 Å². The Labute approximate surface area is 118 Å². The smallest absolute Gasteiger partial charge is 0.410 e. The molecule has 0 atom stereocenters. The number of nitrogens with zero attached hydrogens (tertiary/aromatic N) is 4. The van der Waals surface area contributed by atoms with E-state index in [2.05, 4.69) is 10.0 Å². The van der Waals surface area contributed by atoms with Gasteiger partial charge in [0, 0.05) is 24.5 Å². The molecule has 0 aliphatic carbocycles. The average Bonchev–Trinajstić information content (AvgIpc) is 2.29. The lowest BCUT2D eigenvalue weighted by Gasteiger charge is -2.27. The van der Waals surface area contributed by atoms with E-state index in [1.165, 1.54) is 4.90 Å². The van der Waals surface area contributed by atoms with E-state index in [0.717, 1.165) is 0 Å². The van der Waals surface area contributed by atoms with Crippen molar-refractivity contribution in [2.45, 2.75) is 45.6 Å². The minimum atomic E-state index is -0.965. The SMILES string of the molecule is CC(C)(C)OC(=O)N(CCCCN=[N+]=[N-])CCC(=O)O. The summed E-state index contributed by atoms with van der Waals surface area (Å²) < 4.78 is 5.22. The minimum Gasteiger partial charge on any atom is -0.481 e. The van der Waals surface area contributed by atoms with E-state index in [0.29, 0.717) is 25.9 Å². The molecule has 0 saturated carbocycles. The molecule has 0 fully saturated rings. The second kappa shape index (κ2) is 9.03. The zero-order chi connectivity index (χ0) is 15.6. The van der Waals surface area contributed by atoms with Crippen LogP contribution in [0.15, 0.2) is 5.11 Å². The van der Waals surface area contributed by atoms with Crippen LogP contribution >= 0.6 is 0 Å². The van der Waals surface area contributed by atoms with Gasteiger partial charge in [-0.3, -0.25) is 4.79 Å². The summed E-state index contributed by atoms with van der Waals surface area (Å²) in [5, 5.41) is 12.1. The van der Waals surface area contributed by atoms with Crippen LogP contribution in [0.3, 0.4) is 0 Å². The fraction of sp³-hybridized carbons (Fsp3) is 0.833. The number of hydrogen-bond acceptors (Lipinski definition) is 4. The molecule has 0 rings (SSSR count). The van der Waals surface area contributed by atoms with Gasteiger partial charge in [-0.1, -0.05) is 5.11 Å². The molecule has 0 radical (unpaired) electrons. The molecule has 0 unspecified atom stereocenters. The van der Waals surface area contributed by atoms with Crippen LogP contribution in [0, 0.1) is 0 Å². The number of amides is 1. The molecule has 0 saturated heterocycles. The zero-order valence-electron chi connectivity index (χ0n) is 12.2. The summed E-state index contributed by atoms with van der Waals surface area (Å²) in [6, 6.07) is 0. The quantitative estimate of drug-likeness (QED) is 0.319. The summed E-state index contributed by atoms with van der Waals surface area (Å²) in [4.78, 5) is 26.5. The number of rotatable bonds is 8. The number of carboxylic acids is 1. The first kappa shape index (κ1) is 18.0. The number of carbonyl (C=O) groups is 2. The Bertz CT molecular complexity index is 372. The monoisotopic (exact) mass is 286 g/mol. The van der Waals surface area contributed by atoms with Crippen LogP contribution in [0.25, 0.3) is 10.4 Å². The van der Waals surface area contributed by atoms with Crippen LogP contribution in [-0.2, 0) is 9.53 Å². The third-order valence-corrected chi connectivity index (χ3v) is 2.25. The molecule has 0 aliphatic heterocycles. The van der Waals surface area contributed by atoms with Crippen LogP contribution in [0.1, 0.15) is 40.0 Å². The predicted molar refractivity (Wildman–Crippen MR) is 73.3 cm³/mol. The molecule has 1 N–H and O–H groups in total. The molecule has 0 bridgehead atoms. The second-order valence-corrected chi connectivity index (χ2v) is 5.27. The van der Waals surface area contributed by atoms with Crippen LogP contribution in [0.5, 0.6) is 0 Å². The number of hydrogen-bond donors (Lipinski definition) is 1. The van der Waals surface area contributed by atoms with E-state index in [-0.39, 0.29) is 13.0 Å². The molecule has 0 aromatic heterocycles. The highest BCUT2D eigenvalue weighted by Crippen LogP contribution is 2.11. The van der Waals surface area contributed by atoms with Crippen LogP contribution in [0.4, 0.5) is 4.79 Å². The summed E-state index contributed by atoms with van der Waals surface area (Å²) in [6.45, 7) is 6.10. The van der Waals surface area contributed by atoms with Crippen molar-refractivity contribution >= 4 is 12.1 Å². The van der Waals surface area contributed by atoms with E-state index in [1.807, 2.05) is 0 Å². The van der Waals surface area contributed by atoms with E-state index in [9.17, 15) is 9.59 Å². The molecule has 0 aliphatic rings. The zero-order valence-corrected chi connectivity index (χ0v) is 12.2. The van der Waals surface area contributed by atoms with Crippen LogP contribution in [-0.4, -0.2) is 47.3 Å². The largest absolute Gasteiger partial charge is 0.481 e. The molecule has 20 heavy (non-hydrogen) atoms. The number of carbonyl (C=O) groups excluding carboxylic acids is 1. The highest BCUT2D eigenvalue weighted by molar-refractivity contribution is 5.70. The topological polar surface area (TPSA) is 116 Å². The normalized spacial score (nSPS) is 10.6. The standard InChI is InChI=1S/C12H22N4O4/c1-12(2,3)20-11(19)16(9-6-10(17)18)8-5-4-7-14-15-13/h4-9H2,1-3H3,(H,17,18). The highest BCUT2D eigenvalue weighted by atomic mass is 16.6. The summed E-state index contributed by atoms with van der Waals surface area (Å²) in [6.07, 6.45) is 0.603. The maximum atomic E-state index is 11.9. The molecule has 8 heteroatoms. The van der Waals surface area contributed by atoms with Crippen molar-refractivity contribution in [3.05, 3.63) is 10.4 Å². The fourth-order valence-electron chi connectivity index (χ4n) is 1.38. The number of azide groups is 1. The van der Waals surface area contributed by atoms with E-state index < -0.39 is 17.7 Å². The Hall–Kier alpha value is -1.95. The summed E-state index contributed by atoms with van der Waals surface area (Å²) >= 11 is 0.